The minimum absolute atomic E-state index is 0.0396. The highest BCUT2D eigenvalue weighted by atomic mass is 19.1. The van der Waals surface area contributed by atoms with E-state index in [1.807, 2.05) is 27.0 Å². The third-order valence-electron chi connectivity index (χ3n) is 6.67. The van der Waals surface area contributed by atoms with Gasteiger partial charge in [-0.15, -0.1) is 5.10 Å². The highest BCUT2D eigenvalue weighted by Gasteiger charge is 2.45. The van der Waals surface area contributed by atoms with Gasteiger partial charge in [0.05, 0.1) is 18.3 Å². The third kappa shape index (κ3) is 5.38. The molecule has 1 aromatic carbocycles. The van der Waals surface area contributed by atoms with Gasteiger partial charge in [0.25, 0.3) is 0 Å². The van der Waals surface area contributed by atoms with Gasteiger partial charge < -0.3 is 19.8 Å². The summed E-state index contributed by atoms with van der Waals surface area (Å²) in [5, 5.41) is 25.4. The number of nitrogens with one attached hydrogen (secondary N) is 1. The number of halogens is 1. The predicted molar refractivity (Wildman–Crippen MR) is 128 cm³/mol. The summed E-state index contributed by atoms with van der Waals surface area (Å²) in [5.74, 6) is -0.453. The van der Waals surface area contributed by atoms with Crippen molar-refractivity contribution < 1.29 is 23.6 Å². The van der Waals surface area contributed by atoms with Gasteiger partial charge in [0.2, 0.25) is 23.5 Å². The number of carbonyl (C=O) groups excluding carboxylic acids is 2. The van der Waals surface area contributed by atoms with Gasteiger partial charge in [0.1, 0.15) is 17.9 Å². The van der Waals surface area contributed by atoms with Crippen LogP contribution in [0.5, 0.6) is 0 Å². The van der Waals surface area contributed by atoms with Crippen molar-refractivity contribution in [3.63, 3.8) is 0 Å². The molecule has 2 amide bonds. The molecule has 11 nitrogen and oxygen atoms in total. The molecule has 3 aromatic rings. The van der Waals surface area contributed by atoms with Gasteiger partial charge in [-0.1, -0.05) is 43.3 Å². The monoisotopic (exact) mass is 511 g/mol. The molecule has 1 aliphatic heterocycles. The van der Waals surface area contributed by atoms with Gasteiger partial charge in [-0.05, 0) is 30.4 Å². The molecule has 2 unspecified atom stereocenters. The maximum Gasteiger partial charge on any atom is 0.248 e. The normalized spacial score (nSPS) is 20.7. The standard InChI is InChI=1S/C25H30FN7O4/c1-25(2,3)21(33-13-18(29-31-33)14-7-8-14)24(36)32-12-17(34)10-19(32)23(35)27-11-20-28-22(30-37-20)15-5-4-6-16(26)9-15/h4-6,9,13-14,17,19,21,34H,7-8,10-12H2,1-3H3,(H,27,35)/t17?,19?,21-/m1/s1. The van der Waals surface area contributed by atoms with Gasteiger partial charge in [-0.2, -0.15) is 4.98 Å². The zero-order valence-electron chi connectivity index (χ0n) is 21.0. The number of hydrogen-bond donors (Lipinski definition) is 2. The fraction of sp³-hybridized carbons (Fsp3) is 0.520. The Morgan fingerprint density at radius 1 is 1.30 bits per heavy atom. The maximum atomic E-state index is 13.8. The smallest absolute Gasteiger partial charge is 0.248 e. The Hall–Kier alpha value is -3.67. The Balaban J connectivity index is 1.28. The summed E-state index contributed by atoms with van der Waals surface area (Å²) in [4.78, 5) is 32.5. The Bertz CT molecular complexity index is 1300. The first-order valence-corrected chi connectivity index (χ1v) is 12.4. The van der Waals surface area contributed by atoms with Crippen molar-refractivity contribution in [1.82, 2.24) is 35.4 Å². The number of likely N-dealkylation sites (tertiary alicyclic amines) is 1. The van der Waals surface area contributed by atoms with E-state index in [1.54, 1.807) is 10.7 Å². The van der Waals surface area contributed by atoms with Crippen LogP contribution in [0.15, 0.2) is 35.0 Å². The van der Waals surface area contributed by atoms with Crippen molar-refractivity contribution in [2.24, 2.45) is 5.41 Å². The number of aromatic nitrogens is 5. The molecule has 2 aliphatic rings. The predicted octanol–water partition coefficient (Wildman–Crippen LogP) is 2.21. The summed E-state index contributed by atoms with van der Waals surface area (Å²) in [6.45, 7) is 5.76. The van der Waals surface area contributed by atoms with Crippen LogP contribution in [-0.2, 0) is 16.1 Å². The lowest BCUT2D eigenvalue weighted by molar-refractivity contribution is -0.144. The second-order valence-corrected chi connectivity index (χ2v) is 10.8. The van der Waals surface area contributed by atoms with Crippen LogP contribution in [0.25, 0.3) is 11.4 Å². The lowest BCUT2D eigenvalue weighted by Gasteiger charge is -2.34. The van der Waals surface area contributed by atoms with Crippen LogP contribution < -0.4 is 5.32 Å². The number of amides is 2. The number of benzene rings is 1. The quantitative estimate of drug-likeness (QED) is 0.492. The zero-order valence-corrected chi connectivity index (χ0v) is 21.0. The molecule has 2 fully saturated rings. The van der Waals surface area contributed by atoms with Crippen molar-refractivity contribution in [2.75, 3.05) is 6.54 Å². The summed E-state index contributed by atoms with van der Waals surface area (Å²) in [5.41, 5.74) is 0.801. The number of aliphatic hydroxyl groups is 1. The van der Waals surface area contributed by atoms with E-state index in [4.69, 9.17) is 4.52 Å². The van der Waals surface area contributed by atoms with Crippen LogP contribution in [0.3, 0.4) is 0 Å². The van der Waals surface area contributed by atoms with Crippen molar-refractivity contribution in [3.05, 3.63) is 47.9 Å². The lowest BCUT2D eigenvalue weighted by Crippen LogP contribution is -2.50. The van der Waals surface area contributed by atoms with E-state index in [1.165, 1.54) is 23.1 Å². The lowest BCUT2D eigenvalue weighted by atomic mass is 9.85. The van der Waals surface area contributed by atoms with Gasteiger partial charge in [-0.25, -0.2) is 9.07 Å². The molecular weight excluding hydrogens is 481 g/mol. The number of rotatable bonds is 7. The minimum Gasteiger partial charge on any atom is -0.391 e. The molecule has 196 valence electrons. The van der Waals surface area contributed by atoms with Crippen LogP contribution in [-0.4, -0.2) is 65.6 Å². The molecule has 0 spiro atoms. The van der Waals surface area contributed by atoms with Crippen molar-refractivity contribution in [3.8, 4) is 11.4 Å². The first-order chi connectivity index (χ1) is 17.6. The molecule has 1 aliphatic carbocycles. The van der Waals surface area contributed by atoms with Crippen LogP contribution in [0.2, 0.25) is 0 Å². The summed E-state index contributed by atoms with van der Waals surface area (Å²) < 4.78 is 20.3. The van der Waals surface area contributed by atoms with E-state index in [-0.39, 0.29) is 37.1 Å². The second-order valence-electron chi connectivity index (χ2n) is 10.8. The summed E-state index contributed by atoms with van der Waals surface area (Å²) >= 11 is 0. The van der Waals surface area contributed by atoms with Crippen LogP contribution in [0.1, 0.15) is 63.6 Å². The Morgan fingerprint density at radius 2 is 2.08 bits per heavy atom. The van der Waals surface area contributed by atoms with Crippen LogP contribution in [0.4, 0.5) is 4.39 Å². The number of aliphatic hydroxyl groups excluding tert-OH is 1. The first-order valence-electron chi connectivity index (χ1n) is 12.4. The SMILES string of the molecule is CC(C)(C)[C@@H](C(=O)N1CC(O)CC1C(=O)NCc1nc(-c2cccc(F)c2)no1)n1cc(C2CC2)nn1. The molecule has 12 heteroatoms. The Morgan fingerprint density at radius 3 is 2.78 bits per heavy atom. The summed E-state index contributed by atoms with van der Waals surface area (Å²) in [7, 11) is 0. The third-order valence-corrected chi connectivity index (χ3v) is 6.67. The summed E-state index contributed by atoms with van der Waals surface area (Å²) in [6, 6.07) is 4.21. The van der Waals surface area contributed by atoms with Crippen molar-refractivity contribution >= 4 is 11.8 Å². The molecule has 1 saturated carbocycles. The average molecular weight is 512 g/mol. The molecule has 1 saturated heterocycles. The summed E-state index contributed by atoms with van der Waals surface area (Å²) in [6.07, 6.45) is 3.23. The maximum absolute atomic E-state index is 13.8. The second kappa shape index (κ2) is 9.66. The van der Waals surface area contributed by atoms with E-state index >= 15 is 0 Å². The van der Waals surface area contributed by atoms with Gasteiger partial charge in [0.15, 0.2) is 0 Å². The fourth-order valence-electron chi connectivity index (χ4n) is 4.68. The van der Waals surface area contributed by atoms with E-state index in [9.17, 15) is 19.1 Å². The molecule has 3 heterocycles. The molecular formula is C25H30FN7O4. The number of hydrogen-bond acceptors (Lipinski definition) is 8. The molecule has 37 heavy (non-hydrogen) atoms. The van der Waals surface area contributed by atoms with Crippen LogP contribution in [0, 0.1) is 11.2 Å². The van der Waals surface area contributed by atoms with Gasteiger partial charge >= 0.3 is 0 Å². The van der Waals surface area contributed by atoms with E-state index in [0.29, 0.717) is 11.5 Å². The average Bonchev–Trinajstić information content (AvgIpc) is 3.22. The molecule has 5 rings (SSSR count). The Kier molecular flexibility index (Phi) is 6.52. The van der Waals surface area contributed by atoms with E-state index in [0.717, 1.165) is 18.5 Å². The van der Waals surface area contributed by atoms with Crippen LogP contribution >= 0.6 is 0 Å². The van der Waals surface area contributed by atoms with Gasteiger partial charge in [-0.3, -0.25) is 9.59 Å². The fourth-order valence-corrected chi connectivity index (χ4v) is 4.68. The zero-order chi connectivity index (χ0) is 26.3. The first kappa shape index (κ1) is 25.0. The Labute approximate surface area is 213 Å². The molecule has 0 bridgehead atoms. The highest BCUT2D eigenvalue weighted by Crippen LogP contribution is 2.40. The number of nitrogens with zero attached hydrogens (tertiary/aromatic N) is 6. The molecule has 0 radical (unpaired) electrons. The molecule has 2 aromatic heterocycles. The topological polar surface area (TPSA) is 139 Å². The number of carbonyl (C=O) groups is 2. The number of β-amino-alcohol motifs (C(OH)–C–C–N with tert-alkyl or cyclic N) is 1. The van der Waals surface area contributed by atoms with Crippen molar-refractivity contribution in [2.45, 2.75) is 70.7 Å². The van der Waals surface area contributed by atoms with Gasteiger partial charge in [0, 0.05) is 30.6 Å². The highest BCUT2D eigenvalue weighted by molar-refractivity contribution is 5.90. The molecule has 3 atom stereocenters. The minimum atomic E-state index is -0.871. The van der Waals surface area contributed by atoms with Crippen molar-refractivity contribution in [1.29, 1.82) is 0 Å². The van der Waals surface area contributed by atoms with E-state index in [2.05, 4.69) is 25.8 Å². The van der Waals surface area contributed by atoms with E-state index < -0.39 is 35.3 Å². The molecule has 2 N–H and O–H groups in total. The largest absolute Gasteiger partial charge is 0.391 e.